The van der Waals surface area contributed by atoms with Crippen molar-refractivity contribution in [3.8, 4) is 0 Å². The van der Waals surface area contributed by atoms with Gasteiger partial charge in [-0.3, -0.25) is 9.52 Å². The van der Waals surface area contributed by atoms with E-state index in [2.05, 4.69) is 10.0 Å². The molecule has 2 aromatic carbocycles. The summed E-state index contributed by atoms with van der Waals surface area (Å²) >= 11 is 0. The second-order valence-electron chi connectivity index (χ2n) is 6.24. The van der Waals surface area contributed by atoms with Crippen molar-refractivity contribution in [1.29, 1.82) is 0 Å². The van der Waals surface area contributed by atoms with E-state index in [1.54, 1.807) is 4.90 Å². The Morgan fingerprint density at radius 3 is 2.37 bits per heavy atom. The van der Waals surface area contributed by atoms with Crippen molar-refractivity contribution in [1.82, 2.24) is 10.2 Å². The maximum atomic E-state index is 12.9. The number of piperazine rings is 1. The Morgan fingerprint density at radius 2 is 1.78 bits per heavy atom. The molecular weight excluding hydrogens is 393 g/mol. The van der Waals surface area contributed by atoms with Gasteiger partial charge < -0.3 is 10.2 Å². The summed E-state index contributed by atoms with van der Waals surface area (Å²) in [6.07, 6.45) is 0. The van der Waals surface area contributed by atoms with Crippen molar-refractivity contribution < 1.29 is 17.6 Å². The number of nitrogens with one attached hydrogen (secondary N) is 2. The van der Waals surface area contributed by atoms with Gasteiger partial charge >= 0.3 is 0 Å². The SMILES string of the molecule is CC1CN(C(=O)c2ccc(S(=O)(=O)Nc3ccc(F)cc3)cc2)CCN1.Cl. The number of halogens is 2. The van der Waals surface area contributed by atoms with Crippen LogP contribution in [0.25, 0.3) is 0 Å². The Morgan fingerprint density at radius 1 is 1.15 bits per heavy atom. The maximum Gasteiger partial charge on any atom is 0.261 e. The monoisotopic (exact) mass is 413 g/mol. The molecule has 0 bridgehead atoms. The van der Waals surface area contributed by atoms with Crippen LogP contribution < -0.4 is 10.0 Å². The van der Waals surface area contributed by atoms with Crippen LogP contribution in [0.3, 0.4) is 0 Å². The number of carbonyl (C=O) groups excluding carboxylic acids is 1. The molecule has 1 fully saturated rings. The number of anilines is 1. The fourth-order valence-electron chi connectivity index (χ4n) is 2.81. The average Bonchev–Trinajstić information content (AvgIpc) is 2.63. The van der Waals surface area contributed by atoms with Gasteiger partial charge in [0.05, 0.1) is 4.90 Å². The van der Waals surface area contributed by atoms with Crippen molar-refractivity contribution in [3.05, 3.63) is 59.9 Å². The zero-order valence-electron chi connectivity index (χ0n) is 14.7. The third kappa shape index (κ3) is 5.18. The van der Waals surface area contributed by atoms with Crippen molar-refractivity contribution in [2.45, 2.75) is 17.9 Å². The zero-order chi connectivity index (χ0) is 18.7. The Hall–Kier alpha value is -2.16. The molecule has 2 N–H and O–H groups in total. The molecule has 0 spiro atoms. The maximum absolute atomic E-state index is 12.9. The highest BCUT2D eigenvalue weighted by atomic mass is 35.5. The van der Waals surface area contributed by atoms with E-state index in [0.29, 0.717) is 18.7 Å². The first-order valence-electron chi connectivity index (χ1n) is 8.26. The molecule has 0 aromatic heterocycles. The molecule has 1 saturated heterocycles. The number of amides is 1. The van der Waals surface area contributed by atoms with E-state index in [0.717, 1.165) is 6.54 Å². The number of carbonyl (C=O) groups is 1. The molecule has 1 unspecified atom stereocenters. The number of sulfonamides is 1. The summed E-state index contributed by atoms with van der Waals surface area (Å²) in [4.78, 5) is 14.3. The third-order valence-corrected chi connectivity index (χ3v) is 5.56. The van der Waals surface area contributed by atoms with Crippen LogP contribution in [0.15, 0.2) is 53.4 Å². The number of rotatable bonds is 4. The molecule has 9 heteroatoms. The normalized spacial score (nSPS) is 17.1. The van der Waals surface area contributed by atoms with E-state index < -0.39 is 15.8 Å². The third-order valence-electron chi connectivity index (χ3n) is 4.16. The number of hydrogen-bond donors (Lipinski definition) is 2. The van der Waals surface area contributed by atoms with Gasteiger partial charge in [-0.2, -0.15) is 0 Å². The largest absolute Gasteiger partial charge is 0.336 e. The number of nitrogens with zero attached hydrogens (tertiary/aromatic N) is 1. The summed E-state index contributed by atoms with van der Waals surface area (Å²) in [6, 6.07) is 11.1. The first kappa shape index (κ1) is 21.1. The molecule has 0 radical (unpaired) electrons. The van der Waals surface area contributed by atoms with Crippen molar-refractivity contribution in [3.63, 3.8) is 0 Å². The van der Waals surface area contributed by atoms with Gasteiger partial charge in [0.2, 0.25) is 0 Å². The number of benzene rings is 2. The molecule has 0 aliphatic carbocycles. The van der Waals surface area contributed by atoms with Crippen LogP contribution in [0.2, 0.25) is 0 Å². The summed E-state index contributed by atoms with van der Waals surface area (Å²) in [7, 11) is -3.81. The molecule has 1 aliphatic rings. The van der Waals surface area contributed by atoms with E-state index in [-0.39, 0.29) is 34.9 Å². The first-order valence-corrected chi connectivity index (χ1v) is 9.74. The summed E-state index contributed by atoms with van der Waals surface area (Å²) < 4.78 is 40.1. The Bertz CT molecular complexity index is 889. The summed E-state index contributed by atoms with van der Waals surface area (Å²) in [5.74, 6) is -0.563. The lowest BCUT2D eigenvalue weighted by Gasteiger charge is -2.32. The molecule has 0 saturated carbocycles. The summed E-state index contributed by atoms with van der Waals surface area (Å²) in [5, 5.41) is 3.27. The smallest absolute Gasteiger partial charge is 0.261 e. The van der Waals surface area contributed by atoms with Gasteiger partial charge in [0.25, 0.3) is 15.9 Å². The molecule has 3 rings (SSSR count). The molecule has 1 amide bonds. The molecule has 27 heavy (non-hydrogen) atoms. The van der Waals surface area contributed by atoms with Crippen molar-refractivity contribution in [2.24, 2.45) is 0 Å². The lowest BCUT2D eigenvalue weighted by molar-refractivity contribution is 0.0709. The van der Waals surface area contributed by atoms with Crippen LogP contribution in [0.4, 0.5) is 10.1 Å². The van der Waals surface area contributed by atoms with E-state index >= 15 is 0 Å². The minimum Gasteiger partial charge on any atom is -0.336 e. The predicted molar refractivity (Wildman–Crippen MR) is 104 cm³/mol. The minimum atomic E-state index is -3.81. The van der Waals surface area contributed by atoms with Gasteiger partial charge in [-0.25, -0.2) is 12.8 Å². The van der Waals surface area contributed by atoms with Crippen LogP contribution >= 0.6 is 12.4 Å². The quantitative estimate of drug-likeness (QED) is 0.807. The van der Waals surface area contributed by atoms with Crippen LogP contribution in [0, 0.1) is 5.82 Å². The van der Waals surface area contributed by atoms with Crippen molar-refractivity contribution >= 4 is 34.0 Å². The highest BCUT2D eigenvalue weighted by Gasteiger charge is 2.22. The summed E-state index contributed by atoms with van der Waals surface area (Å²) in [6.45, 7) is 3.98. The first-order chi connectivity index (χ1) is 12.3. The minimum absolute atomic E-state index is 0. The van der Waals surface area contributed by atoms with E-state index in [1.807, 2.05) is 6.92 Å². The molecule has 146 valence electrons. The molecule has 1 heterocycles. The number of hydrogen-bond acceptors (Lipinski definition) is 4. The highest BCUT2D eigenvalue weighted by molar-refractivity contribution is 7.92. The van der Waals surface area contributed by atoms with Crippen LogP contribution in [-0.4, -0.2) is 44.9 Å². The Balaban J connectivity index is 0.00000261. The van der Waals surface area contributed by atoms with Crippen LogP contribution in [-0.2, 0) is 10.0 Å². The lowest BCUT2D eigenvalue weighted by atomic mass is 10.1. The van der Waals surface area contributed by atoms with E-state index in [9.17, 15) is 17.6 Å². The van der Waals surface area contributed by atoms with Gasteiger partial charge in [0.15, 0.2) is 0 Å². The van der Waals surface area contributed by atoms with Crippen LogP contribution in [0.5, 0.6) is 0 Å². The topological polar surface area (TPSA) is 78.5 Å². The standard InChI is InChI=1S/C18H20FN3O3S.ClH/c1-13-12-22(11-10-20-13)18(23)14-2-8-17(9-3-14)26(24,25)21-16-6-4-15(19)5-7-16;/h2-9,13,20-21H,10-12H2,1H3;1H. The average molecular weight is 414 g/mol. The van der Waals surface area contributed by atoms with E-state index in [1.165, 1.54) is 48.5 Å². The molecule has 1 atom stereocenters. The second-order valence-corrected chi connectivity index (χ2v) is 7.93. The second kappa shape index (κ2) is 8.69. The van der Waals surface area contributed by atoms with Gasteiger partial charge in [0, 0.05) is 36.9 Å². The van der Waals surface area contributed by atoms with Gasteiger partial charge in [-0.15, -0.1) is 12.4 Å². The van der Waals surface area contributed by atoms with Gasteiger partial charge in [-0.05, 0) is 55.5 Å². The predicted octanol–water partition coefficient (Wildman–Crippen LogP) is 2.48. The molecular formula is C18H21ClFN3O3S. The molecule has 1 aliphatic heterocycles. The molecule has 6 nitrogen and oxygen atoms in total. The Kier molecular flexibility index (Phi) is 6.80. The fraction of sp³-hybridized carbons (Fsp3) is 0.278. The van der Waals surface area contributed by atoms with Gasteiger partial charge in [-0.1, -0.05) is 0 Å². The highest BCUT2D eigenvalue weighted by Crippen LogP contribution is 2.18. The zero-order valence-corrected chi connectivity index (χ0v) is 16.3. The van der Waals surface area contributed by atoms with Crippen molar-refractivity contribution in [2.75, 3.05) is 24.4 Å². The summed E-state index contributed by atoms with van der Waals surface area (Å²) in [5.41, 5.74) is 0.709. The Labute approximate surface area is 164 Å². The van der Waals surface area contributed by atoms with E-state index in [4.69, 9.17) is 0 Å². The lowest BCUT2D eigenvalue weighted by Crippen LogP contribution is -2.51. The van der Waals surface area contributed by atoms with Gasteiger partial charge in [0.1, 0.15) is 5.82 Å². The molecule has 2 aromatic rings. The van der Waals surface area contributed by atoms with Crippen LogP contribution in [0.1, 0.15) is 17.3 Å². The fourth-order valence-corrected chi connectivity index (χ4v) is 3.87.